The van der Waals surface area contributed by atoms with Gasteiger partial charge in [0.05, 0.1) is 0 Å². The molecule has 5 aliphatic rings. The van der Waals surface area contributed by atoms with E-state index >= 15 is 0 Å². The van der Waals surface area contributed by atoms with E-state index in [4.69, 9.17) is 14.5 Å². The fourth-order valence-electron chi connectivity index (χ4n) is 7.17. The maximum absolute atomic E-state index is 13.5. The smallest absolute Gasteiger partial charge is 0.303 e. The highest BCUT2D eigenvalue weighted by atomic mass is 16.5. The standard InChI is InChI=1S/C25H29NO5/c1-14-26-25(21(29)13-30-15(2)27)22(31-14)12-20-18-6-5-16-11-17(28)7-9-23(16,3)19(18)8-10-24(20,25)4/h7-9,11,18,20,22H,5-6,10,12-13H2,1-4H3/t18-,20+,22-,23+,24+,25-/m1/s1. The van der Waals surface area contributed by atoms with Gasteiger partial charge < -0.3 is 9.47 Å². The van der Waals surface area contributed by atoms with Crippen LogP contribution in [-0.4, -0.2) is 41.7 Å². The molecule has 0 unspecified atom stereocenters. The molecule has 0 spiro atoms. The second-order valence-electron chi connectivity index (χ2n) is 10.1. The highest BCUT2D eigenvalue weighted by Crippen LogP contribution is 2.67. The van der Waals surface area contributed by atoms with E-state index in [-0.39, 0.29) is 35.6 Å². The summed E-state index contributed by atoms with van der Waals surface area (Å²) in [5, 5.41) is 0. The van der Waals surface area contributed by atoms with Gasteiger partial charge in [0.15, 0.2) is 23.8 Å². The van der Waals surface area contributed by atoms with E-state index in [1.807, 2.05) is 0 Å². The zero-order chi connectivity index (χ0) is 22.2. The molecule has 0 amide bonds. The molecule has 4 aliphatic carbocycles. The Bertz CT molecular complexity index is 1020. The third kappa shape index (κ3) is 2.56. The summed E-state index contributed by atoms with van der Waals surface area (Å²) in [4.78, 5) is 41.6. The number of hydrogen-bond acceptors (Lipinski definition) is 6. The summed E-state index contributed by atoms with van der Waals surface area (Å²) in [7, 11) is 0. The van der Waals surface area contributed by atoms with E-state index < -0.39 is 16.9 Å². The molecule has 0 bridgehead atoms. The van der Waals surface area contributed by atoms with E-state index in [1.54, 1.807) is 19.1 Å². The summed E-state index contributed by atoms with van der Waals surface area (Å²) in [5.41, 5.74) is 0.890. The van der Waals surface area contributed by atoms with Gasteiger partial charge in [0.1, 0.15) is 6.10 Å². The Kier molecular flexibility index (Phi) is 4.28. The molecule has 0 radical (unpaired) electrons. The van der Waals surface area contributed by atoms with Crippen LogP contribution in [0.25, 0.3) is 0 Å². The van der Waals surface area contributed by atoms with Crippen molar-refractivity contribution in [3.05, 3.63) is 35.5 Å². The van der Waals surface area contributed by atoms with Crippen LogP contribution in [0.15, 0.2) is 40.4 Å². The van der Waals surface area contributed by atoms with Crippen LogP contribution in [0.4, 0.5) is 0 Å². The van der Waals surface area contributed by atoms with E-state index in [0.717, 1.165) is 19.3 Å². The normalized spacial score (nSPS) is 42.3. The van der Waals surface area contributed by atoms with E-state index in [1.165, 1.54) is 18.1 Å². The third-order valence-corrected chi connectivity index (χ3v) is 8.62. The van der Waals surface area contributed by atoms with E-state index in [0.29, 0.717) is 18.2 Å². The third-order valence-electron chi connectivity index (χ3n) is 8.62. The number of carbonyl (C=O) groups excluding carboxylic acids is 3. The van der Waals surface area contributed by atoms with Crippen LogP contribution >= 0.6 is 0 Å². The van der Waals surface area contributed by atoms with Crippen molar-refractivity contribution in [2.75, 3.05) is 6.61 Å². The summed E-state index contributed by atoms with van der Waals surface area (Å²) < 4.78 is 11.2. The minimum atomic E-state index is -1.02. The summed E-state index contributed by atoms with van der Waals surface area (Å²) in [6.07, 6.45) is 10.8. The van der Waals surface area contributed by atoms with Crippen molar-refractivity contribution in [1.29, 1.82) is 0 Å². The van der Waals surface area contributed by atoms with Crippen molar-refractivity contribution in [2.24, 2.45) is 27.7 Å². The SMILES string of the molecule is CC(=O)OCC(=O)[C@@]12N=C(C)O[C@@H]1C[C@H]1[C@@H]3CCC4=CC(=O)C=C[C@]4(C)C3=CC[C@@]12C. The van der Waals surface area contributed by atoms with Gasteiger partial charge in [0.2, 0.25) is 5.78 Å². The average molecular weight is 424 g/mol. The van der Waals surface area contributed by atoms with Gasteiger partial charge in [-0.25, -0.2) is 4.99 Å². The first-order valence-electron chi connectivity index (χ1n) is 11.2. The summed E-state index contributed by atoms with van der Waals surface area (Å²) in [5.74, 6) is 0.504. The molecule has 0 aromatic rings. The van der Waals surface area contributed by atoms with Crippen molar-refractivity contribution < 1.29 is 23.9 Å². The number of fused-ring (bicyclic) bond motifs is 7. The predicted octanol–water partition coefficient (Wildman–Crippen LogP) is 3.51. The molecule has 1 heterocycles. The van der Waals surface area contributed by atoms with Crippen molar-refractivity contribution >= 4 is 23.4 Å². The second-order valence-corrected chi connectivity index (χ2v) is 10.1. The van der Waals surface area contributed by atoms with Gasteiger partial charge in [-0.1, -0.05) is 30.2 Å². The van der Waals surface area contributed by atoms with Gasteiger partial charge in [-0.05, 0) is 56.6 Å². The number of hydrogen-bond donors (Lipinski definition) is 0. The Labute approximate surface area is 182 Å². The molecule has 2 fully saturated rings. The molecular formula is C25H29NO5. The molecule has 0 N–H and O–H groups in total. The van der Waals surface area contributed by atoms with Gasteiger partial charge in [0.25, 0.3) is 0 Å². The van der Waals surface area contributed by atoms with Crippen molar-refractivity contribution in [3.8, 4) is 0 Å². The molecule has 31 heavy (non-hydrogen) atoms. The Morgan fingerprint density at radius 1 is 1.32 bits per heavy atom. The van der Waals surface area contributed by atoms with Crippen LogP contribution in [0, 0.1) is 22.7 Å². The van der Waals surface area contributed by atoms with Crippen molar-refractivity contribution in [2.45, 2.75) is 65.0 Å². The molecular weight excluding hydrogens is 394 g/mol. The first-order valence-corrected chi connectivity index (χ1v) is 11.2. The Morgan fingerprint density at radius 3 is 2.84 bits per heavy atom. The molecule has 6 atom stereocenters. The number of allylic oxidation sites excluding steroid dienone is 6. The maximum atomic E-state index is 13.5. The minimum absolute atomic E-state index is 0.0656. The Balaban J connectivity index is 1.57. The molecule has 6 nitrogen and oxygen atoms in total. The van der Waals surface area contributed by atoms with Gasteiger partial charge in [-0.15, -0.1) is 0 Å². The maximum Gasteiger partial charge on any atom is 0.303 e. The number of Topliss-reactive ketones (excluding diaryl/α,β-unsaturated/α-hetero) is 1. The molecule has 164 valence electrons. The topological polar surface area (TPSA) is 82.0 Å². The first-order chi connectivity index (χ1) is 14.6. The zero-order valence-electron chi connectivity index (χ0n) is 18.6. The minimum Gasteiger partial charge on any atom is -0.475 e. The van der Waals surface area contributed by atoms with Crippen LogP contribution in [0.1, 0.15) is 53.4 Å². The molecule has 0 aromatic heterocycles. The van der Waals surface area contributed by atoms with Crippen LogP contribution in [0.3, 0.4) is 0 Å². The van der Waals surface area contributed by atoms with Gasteiger partial charge in [0, 0.05) is 24.7 Å². The molecule has 2 saturated carbocycles. The number of carbonyl (C=O) groups is 3. The number of ketones is 2. The average Bonchev–Trinajstić information content (AvgIpc) is 3.17. The van der Waals surface area contributed by atoms with Crippen LogP contribution in [0.2, 0.25) is 0 Å². The molecule has 0 saturated heterocycles. The van der Waals surface area contributed by atoms with E-state index in [2.05, 4.69) is 26.0 Å². The lowest BCUT2D eigenvalue weighted by atomic mass is 9.51. The molecule has 0 aromatic carbocycles. The number of esters is 1. The highest BCUT2D eigenvalue weighted by Gasteiger charge is 2.72. The summed E-state index contributed by atoms with van der Waals surface area (Å²) >= 11 is 0. The quantitative estimate of drug-likeness (QED) is 0.512. The largest absolute Gasteiger partial charge is 0.475 e. The molecule has 5 rings (SSSR count). The predicted molar refractivity (Wildman–Crippen MR) is 114 cm³/mol. The fraction of sp³-hybridized carbons (Fsp3) is 0.600. The van der Waals surface area contributed by atoms with Crippen LogP contribution in [0.5, 0.6) is 0 Å². The Morgan fingerprint density at radius 2 is 2.10 bits per heavy atom. The van der Waals surface area contributed by atoms with Gasteiger partial charge in [-0.3, -0.25) is 14.4 Å². The van der Waals surface area contributed by atoms with Crippen LogP contribution in [-0.2, 0) is 23.9 Å². The monoisotopic (exact) mass is 423 g/mol. The van der Waals surface area contributed by atoms with Crippen molar-refractivity contribution in [1.82, 2.24) is 0 Å². The molecule has 6 heteroatoms. The molecule has 1 aliphatic heterocycles. The number of aliphatic imine (C=N–C) groups is 1. The van der Waals surface area contributed by atoms with Gasteiger partial charge >= 0.3 is 5.97 Å². The second kappa shape index (κ2) is 6.50. The van der Waals surface area contributed by atoms with Gasteiger partial charge in [-0.2, -0.15) is 0 Å². The summed E-state index contributed by atoms with van der Waals surface area (Å²) in [6, 6.07) is 0. The number of ether oxygens (including phenoxy) is 2. The lowest BCUT2D eigenvalue weighted by Gasteiger charge is -2.53. The highest BCUT2D eigenvalue weighted by molar-refractivity contribution is 6.01. The fourth-order valence-corrected chi connectivity index (χ4v) is 7.17. The first kappa shape index (κ1) is 20.4. The number of rotatable bonds is 3. The lowest BCUT2D eigenvalue weighted by Crippen LogP contribution is -2.57. The zero-order valence-corrected chi connectivity index (χ0v) is 18.6. The Hall–Kier alpha value is -2.50. The van der Waals surface area contributed by atoms with E-state index in [9.17, 15) is 14.4 Å². The number of nitrogens with zero attached hydrogens (tertiary/aromatic N) is 1. The lowest BCUT2D eigenvalue weighted by molar-refractivity contribution is -0.149. The van der Waals surface area contributed by atoms with Crippen LogP contribution < -0.4 is 0 Å². The van der Waals surface area contributed by atoms with Crippen molar-refractivity contribution in [3.63, 3.8) is 0 Å². The summed E-state index contributed by atoms with van der Waals surface area (Å²) in [6.45, 7) is 7.21.